The first-order chi connectivity index (χ1) is 13.4. The van der Waals surface area contributed by atoms with Crippen molar-refractivity contribution in [1.29, 1.82) is 0 Å². The topological polar surface area (TPSA) is 9.23 Å². The van der Waals surface area contributed by atoms with Gasteiger partial charge in [-0.2, -0.15) is 0 Å². The van der Waals surface area contributed by atoms with Crippen LogP contribution in [0, 0.1) is 0 Å². The van der Waals surface area contributed by atoms with E-state index in [1.165, 1.54) is 38.0 Å². The van der Waals surface area contributed by atoms with Gasteiger partial charge in [0.25, 0.3) is 0 Å². The summed E-state index contributed by atoms with van der Waals surface area (Å²) in [7, 11) is -0.441. The largest absolute Gasteiger partial charge is 0.485 e. The van der Waals surface area contributed by atoms with Crippen LogP contribution in [0.3, 0.4) is 0 Å². The molecule has 0 amide bonds. The highest BCUT2D eigenvalue weighted by Crippen LogP contribution is 2.60. The van der Waals surface area contributed by atoms with Crippen LogP contribution in [0.15, 0.2) is 72.8 Å². The summed E-state index contributed by atoms with van der Waals surface area (Å²) in [5.74, 6) is 1.32. The highest BCUT2D eigenvalue weighted by Gasteiger charge is 2.41. The maximum atomic E-state index is 6.36. The van der Waals surface area contributed by atoms with Crippen molar-refractivity contribution in [3.63, 3.8) is 0 Å². The minimum atomic E-state index is -0.441. The number of fused-ring (bicyclic) bond motifs is 3. The zero-order valence-corrected chi connectivity index (χ0v) is 17.8. The van der Waals surface area contributed by atoms with Gasteiger partial charge in [-0.25, -0.2) is 0 Å². The number of ether oxygens (including phenoxy) is 1. The first kappa shape index (κ1) is 17.7. The van der Waals surface area contributed by atoms with E-state index in [0.717, 1.165) is 5.75 Å². The first-order valence-corrected chi connectivity index (χ1v) is 11.4. The molecule has 0 bridgehead atoms. The van der Waals surface area contributed by atoms with Crippen molar-refractivity contribution in [3.8, 4) is 16.9 Å². The number of benzene rings is 4. The molecule has 0 radical (unpaired) electrons. The number of hydrogen-bond acceptors (Lipinski definition) is 1. The van der Waals surface area contributed by atoms with Gasteiger partial charge in [-0.15, -0.1) is 0 Å². The van der Waals surface area contributed by atoms with Gasteiger partial charge >= 0.3 is 0 Å². The van der Waals surface area contributed by atoms with E-state index in [9.17, 15) is 0 Å². The Kier molecular flexibility index (Phi) is 4.00. The molecule has 4 aromatic carbocycles. The molecular weight excluding hydrogens is 359 g/mol. The fourth-order valence-corrected chi connectivity index (χ4v) is 7.83. The Bertz CT molecular complexity index is 1150. The van der Waals surface area contributed by atoms with E-state index in [1.54, 1.807) is 0 Å². The normalized spacial score (nSPS) is 19.0. The molecule has 0 spiro atoms. The Hall–Kier alpha value is -2.37. The summed E-state index contributed by atoms with van der Waals surface area (Å²) in [6.07, 6.45) is 0. The van der Waals surface area contributed by atoms with Crippen LogP contribution in [0.4, 0.5) is 0 Å². The smallest absolute Gasteiger partial charge is 0.128 e. The second kappa shape index (κ2) is 6.33. The van der Waals surface area contributed by atoms with Gasteiger partial charge in [-0.1, -0.05) is 81.4 Å². The van der Waals surface area contributed by atoms with Crippen LogP contribution in [0.5, 0.6) is 5.75 Å². The van der Waals surface area contributed by atoms with E-state index >= 15 is 0 Å². The Morgan fingerprint density at radius 2 is 1.39 bits per heavy atom. The van der Waals surface area contributed by atoms with E-state index in [1.807, 2.05) is 0 Å². The van der Waals surface area contributed by atoms with Gasteiger partial charge in [-0.3, -0.25) is 0 Å². The lowest BCUT2D eigenvalue weighted by Gasteiger charge is -2.31. The minimum absolute atomic E-state index is 0.191. The van der Waals surface area contributed by atoms with E-state index in [4.69, 9.17) is 4.74 Å². The van der Waals surface area contributed by atoms with E-state index in [2.05, 4.69) is 100 Å². The van der Waals surface area contributed by atoms with Crippen molar-refractivity contribution in [2.45, 2.75) is 38.7 Å². The van der Waals surface area contributed by atoms with Crippen molar-refractivity contribution in [3.05, 3.63) is 72.8 Å². The molecule has 4 aromatic rings. The van der Waals surface area contributed by atoms with Gasteiger partial charge in [0.15, 0.2) is 0 Å². The van der Waals surface area contributed by atoms with Gasteiger partial charge in [0.05, 0.1) is 0 Å². The van der Waals surface area contributed by atoms with Crippen LogP contribution >= 0.6 is 7.92 Å². The van der Waals surface area contributed by atoms with Crippen molar-refractivity contribution >= 4 is 34.8 Å². The molecule has 5 rings (SSSR count). The highest BCUT2D eigenvalue weighted by molar-refractivity contribution is 7.68. The van der Waals surface area contributed by atoms with Crippen LogP contribution in [-0.4, -0.2) is 11.0 Å². The molecule has 0 N–H and O–H groups in total. The summed E-state index contributed by atoms with van der Waals surface area (Å²) in [5.41, 5.74) is 2.69. The molecule has 0 aliphatic carbocycles. The average Bonchev–Trinajstić information content (AvgIpc) is 3.02. The summed E-state index contributed by atoms with van der Waals surface area (Å²) in [5, 5.41) is 6.84. The molecular formula is C26H25OP. The SMILES string of the molecule is CC1Oc2cccc(-c3c4ccccc4cc4ccccc34)c2[P@@]1C(C)(C)C. The summed E-state index contributed by atoms with van der Waals surface area (Å²) in [6.45, 7) is 9.30. The Morgan fingerprint density at radius 3 is 2.00 bits per heavy atom. The molecule has 1 aliphatic heterocycles. The Labute approximate surface area is 168 Å². The van der Waals surface area contributed by atoms with Crippen molar-refractivity contribution < 1.29 is 4.74 Å². The first-order valence-electron chi connectivity index (χ1n) is 9.95. The molecule has 2 heteroatoms. The Balaban J connectivity index is 1.92. The second-order valence-electron chi connectivity index (χ2n) is 8.60. The molecule has 1 aliphatic rings. The third kappa shape index (κ3) is 2.65. The van der Waals surface area contributed by atoms with Gasteiger partial charge in [0.1, 0.15) is 11.6 Å². The van der Waals surface area contributed by atoms with Gasteiger partial charge in [-0.05, 0) is 64.8 Å². The number of rotatable bonds is 1. The van der Waals surface area contributed by atoms with E-state index < -0.39 is 7.92 Å². The summed E-state index contributed by atoms with van der Waals surface area (Å²) >= 11 is 0. The van der Waals surface area contributed by atoms with Crippen LogP contribution in [-0.2, 0) is 0 Å². The lowest BCUT2D eigenvalue weighted by atomic mass is 9.92. The fraction of sp³-hybridized carbons (Fsp3) is 0.231. The summed E-state index contributed by atoms with van der Waals surface area (Å²) < 4.78 is 6.36. The summed E-state index contributed by atoms with van der Waals surface area (Å²) in [4.78, 5) is 0. The molecule has 0 fully saturated rings. The van der Waals surface area contributed by atoms with E-state index in [0.29, 0.717) is 0 Å². The third-order valence-electron chi connectivity index (χ3n) is 5.66. The average molecular weight is 384 g/mol. The summed E-state index contributed by atoms with van der Waals surface area (Å²) in [6, 6.07) is 26.4. The predicted octanol–water partition coefficient (Wildman–Crippen LogP) is 7.30. The van der Waals surface area contributed by atoms with Gasteiger partial charge < -0.3 is 4.74 Å². The maximum Gasteiger partial charge on any atom is 0.128 e. The number of hydrogen-bond donors (Lipinski definition) is 0. The van der Waals surface area contributed by atoms with Crippen molar-refractivity contribution in [1.82, 2.24) is 0 Å². The van der Waals surface area contributed by atoms with Crippen LogP contribution < -0.4 is 10.0 Å². The molecule has 1 nitrogen and oxygen atoms in total. The van der Waals surface area contributed by atoms with Gasteiger partial charge in [0.2, 0.25) is 0 Å². The highest BCUT2D eigenvalue weighted by atomic mass is 31.1. The lowest BCUT2D eigenvalue weighted by molar-refractivity contribution is 0.313. The molecule has 28 heavy (non-hydrogen) atoms. The zero-order chi connectivity index (χ0) is 19.5. The van der Waals surface area contributed by atoms with Crippen molar-refractivity contribution in [2.24, 2.45) is 0 Å². The fourth-order valence-electron chi connectivity index (χ4n) is 4.67. The third-order valence-corrected chi connectivity index (χ3v) is 8.89. The molecule has 2 atom stereocenters. The van der Waals surface area contributed by atoms with Crippen LogP contribution in [0.2, 0.25) is 0 Å². The molecule has 1 unspecified atom stereocenters. The predicted molar refractivity (Wildman–Crippen MR) is 123 cm³/mol. The molecule has 1 heterocycles. The maximum absolute atomic E-state index is 6.36. The van der Waals surface area contributed by atoms with Gasteiger partial charge in [0, 0.05) is 5.30 Å². The molecule has 140 valence electrons. The van der Waals surface area contributed by atoms with E-state index in [-0.39, 0.29) is 11.0 Å². The standard InChI is InChI=1S/C26H25OP/c1-17-27-23-15-9-14-22(25(23)28(17)26(2,3)4)24-20-12-7-5-10-18(20)16-19-11-6-8-13-21(19)24/h5-17H,1-4H3/t17?,28-/m0/s1. The molecule has 0 aromatic heterocycles. The lowest BCUT2D eigenvalue weighted by Crippen LogP contribution is -2.22. The van der Waals surface area contributed by atoms with Crippen molar-refractivity contribution in [2.75, 3.05) is 0 Å². The Morgan fingerprint density at radius 1 is 0.786 bits per heavy atom. The van der Waals surface area contributed by atoms with Crippen LogP contribution in [0.1, 0.15) is 27.7 Å². The monoisotopic (exact) mass is 384 g/mol. The molecule has 0 saturated heterocycles. The quantitative estimate of drug-likeness (QED) is 0.247. The minimum Gasteiger partial charge on any atom is -0.485 e. The van der Waals surface area contributed by atoms with Crippen LogP contribution in [0.25, 0.3) is 32.7 Å². The second-order valence-corrected chi connectivity index (χ2v) is 11.9. The molecule has 0 saturated carbocycles. The zero-order valence-electron chi connectivity index (χ0n) is 16.9.